The molecule has 0 fully saturated rings. The predicted octanol–water partition coefficient (Wildman–Crippen LogP) is 1.23. The summed E-state index contributed by atoms with van der Waals surface area (Å²) in [5, 5.41) is 14.8. The number of nitrogens with one attached hydrogen (secondary N) is 2. The van der Waals surface area contributed by atoms with Gasteiger partial charge in [-0.15, -0.1) is 11.8 Å². The monoisotopic (exact) mass is 280 g/mol. The van der Waals surface area contributed by atoms with Gasteiger partial charge >= 0.3 is 0 Å². The van der Waals surface area contributed by atoms with E-state index in [2.05, 4.69) is 10.6 Å². The van der Waals surface area contributed by atoms with E-state index in [1.165, 1.54) is 11.8 Å². The molecular formula is C13H16N2O3S. The largest absolute Gasteiger partial charge is 0.391 e. The summed E-state index contributed by atoms with van der Waals surface area (Å²) in [5.74, 6) is 0.0953. The zero-order valence-electron chi connectivity index (χ0n) is 10.6. The highest BCUT2D eigenvalue weighted by Crippen LogP contribution is 2.31. The van der Waals surface area contributed by atoms with Gasteiger partial charge in [-0.25, -0.2) is 0 Å². The molecule has 0 spiro atoms. The normalized spacial score (nSPS) is 15.4. The molecule has 1 aromatic carbocycles. The van der Waals surface area contributed by atoms with Gasteiger partial charge in [-0.05, 0) is 24.6 Å². The number of anilines is 1. The van der Waals surface area contributed by atoms with Crippen molar-refractivity contribution in [2.75, 3.05) is 17.6 Å². The number of benzene rings is 1. The standard InChI is InChI=1S/C13H16N2O3S/c1-2-9(16)6-14-13(18)8-3-4-11-10(5-8)15-12(17)7-19-11/h3-5,9,16H,2,6-7H2,1H3,(H,14,18)(H,15,17). The Hall–Kier alpha value is -1.53. The smallest absolute Gasteiger partial charge is 0.251 e. The molecule has 0 aromatic heterocycles. The first kappa shape index (κ1) is 13.9. The lowest BCUT2D eigenvalue weighted by molar-refractivity contribution is -0.113. The van der Waals surface area contributed by atoms with Gasteiger partial charge in [0.05, 0.1) is 17.5 Å². The summed E-state index contributed by atoms with van der Waals surface area (Å²) in [7, 11) is 0. The third kappa shape index (κ3) is 3.48. The van der Waals surface area contributed by atoms with Gasteiger partial charge in [0.25, 0.3) is 5.91 Å². The molecule has 5 nitrogen and oxygen atoms in total. The second kappa shape index (κ2) is 6.08. The Kier molecular flexibility index (Phi) is 4.44. The van der Waals surface area contributed by atoms with Crippen molar-refractivity contribution in [3.8, 4) is 0 Å². The highest BCUT2D eigenvalue weighted by Gasteiger charge is 2.17. The first-order valence-electron chi connectivity index (χ1n) is 6.13. The zero-order valence-corrected chi connectivity index (χ0v) is 11.4. The van der Waals surface area contributed by atoms with E-state index >= 15 is 0 Å². The van der Waals surface area contributed by atoms with E-state index < -0.39 is 6.10 Å². The Labute approximate surface area is 115 Å². The van der Waals surface area contributed by atoms with Gasteiger partial charge in [0.1, 0.15) is 0 Å². The Balaban J connectivity index is 2.06. The maximum atomic E-state index is 11.9. The molecule has 1 aliphatic heterocycles. The minimum atomic E-state index is -0.531. The summed E-state index contributed by atoms with van der Waals surface area (Å²) in [4.78, 5) is 24.1. The van der Waals surface area contributed by atoms with Crippen molar-refractivity contribution in [3.63, 3.8) is 0 Å². The number of amides is 2. The van der Waals surface area contributed by atoms with Crippen molar-refractivity contribution in [2.24, 2.45) is 0 Å². The Morgan fingerprint density at radius 3 is 3.11 bits per heavy atom. The van der Waals surface area contributed by atoms with Gasteiger partial charge < -0.3 is 15.7 Å². The molecule has 1 heterocycles. The number of fused-ring (bicyclic) bond motifs is 1. The maximum Gasteiger partial charge on any atom is 0.251 e. The molecule has 1 aliphatic rings. The summed E-state index contributed by atoms with van der Waals surface area (Å²) < 4.78 is 0. The van der Waals surface area contributed by atoms with Crippen LogP contribution in [0.5, 0.6) is 0 Å². The van der Waals surface area contributed by atoms with Gasteiger partial charge in [0, 0.05) is 17.0 Å². The van der Waals surface area contributed by atoms with Crippen LogP contribution in [0.1, 0.15) is 23.7 Å². The van der Waals surface area contributed by atoms with E-state index in [9.17, 15) is 14.7 Å². The van der Waals surface area contributed by atoms with E-state index in [-0.39, 0.29) is 18.4 Å². The van der Waals surface area contributed by atoms with Gasteiger partial charge in [0.15, 0.2) is 0 Å². The van der Waals surface area contributed by atoms with Gasteiger partial charge in [-0.1, -0.05) is 6.92 Å². The average Bonchev–Trinajstić information content (AvgIpc) is 2.43. The molecule has 3 N–H and O–H groups in total. The third-order valence-corrected chi connectivity index (χ3v) is 3.92. The fraction of sp³-hybridized carbons (Fsp3) is 0.385. The van der Waals surface area contributed by atoms with E-state index in [1.807, 2.05) is 13.0 Å². The number of carbonyl (C=O) groups excluding carboxylic acids is 2. The summed E-state index contributed by atoms with van der Waals surface area (Å²) in [6.07, 6.45) is 0.0637. The van der Waals surface area contributed by atoms with Crippen LogP contribution >= 0.6 is 11.8 Å². The first-order chi connectivity index (χ1) is 9.10. The Bertz CT molecular complexity index is 505. The average molecular weight is 280 g/mol. The number of carbonyl (C=O) groups is 2. The first-order valence-corrected chi connectivity index (χ1v) is 7.11. The molecule has 1 atom stereocenters. The van der Waals surface area contributed by atoms with Crippen LogP contribution in [0, 0.1) is 0 Å². The number of hydrogen-bond donors (Lipinski definition) is 3. The number of aliphatic hydroxyl groups excluding tert-OH is 1. The maximum absolute atomic E-state index is 11.9. The summed E-state index contributed by atoms with van der Waals surface area (Å²) in [6, 6.07) is 5.20. The van der Waals surface area contributed by atoms with Crippen molar-refractivity contribution < 1.29 is 14.7 Å². The molecule has 2 amide bonds. The van der Waals surface area contributed by atoms with Gasteiger partial charge in [-0.3, -0.25) is 9.59 Å². The van der Waals surface area contributed by atoms with Crippen molar-refractivity contribution in [2.45, 2.75) is 24.3 Å². The van der Waals surface area contributed by atoms with Crippen LogP contribution in [0.25, 0.3) is 0 Å². The van der Waals surface area contributed by atoms with Gasteiger partial charge in [0.2, 0.25) is 5.91 Å². The van der Waals surface area contributed by atoms with Crippen LogP contribution in [0.2, 0.25) is 0 Å². The number of thioether (sulfide) groups is 1. The van der Waals surface area contributed by atoms with Crippen molar-refractivity contribution >= 4 is 29.3 Å². The zero-order chi connectivity index (χ0) is 13.8. The lowest BCUT2D eigenvalue weighted by atomic mass is 10.1. The molecule has 0 radical (unpaired) electrons. The lowest BCUT2D eigenvalue weighted by Crippen LogP contribution is -2.31. The van der Waals surface area contributed by atoms with Crippen LogP contribution in [0.3, 0.4) is 0 Å². The van der Waals surface area contributed by atoms with Crippen LogP contribution < -0.4 is 10.6 Å². The second-order valence-corrected chi connectivity index (χ2v) is 5.34. The van der Waals surface area contributed by atoms with E-state index in [4.69, 9.17) is 0 Å². The molecule has 6 heteroatoms. The van der Waals surface area contributed by atoms with E-state index in [0.29, 0.717) is 23.4 Å². The fourth-order valence-electron chi connectivity index (χ4n) is 1.68. The van der Waals surface area contributed by atoms with Crippen molar-refractivity contribution in [1.82, 2.24) is 5.32 Å². The molecule has 19 heavy (non-hydrogen) atoms. The van der Waals surface area contributed by atoms with Crippen molar-refractivity contribution in [1.29, 1.82) is 0 Å². The summed E-state index contributed by atoms with van der Waals surface area (Å²) >= 11 is 1.46. The minimum absolute atomic E-state index is 0.0588. The van der Waals surface area contributed by atoms with E-state index in [1.54, 1.807) is 12.1 Å². The topological polar surface area (TPSA) is 78.4 Å². The van der Waals surface area contributed by atoms with Gasteiger partial charge in [-0.2, -0.15) is 0 Å². The van der Waals surface area contributed by atoms with Crippen molar-refractivity contribution in [3.05, 3.63) is 23.8 Å². The number of rotatable bonds is 4. The second-order valence-electron chi connectivity index (χ2n) is 4.32. The molecule has 102 valence electrons. The third-order valence-electron chi connectivity index (χ3n) is 2.84. The van der Waals surface area contributed by atoms with Crippen LogP contribution in [-0.2, 0) is 4.79 Å². The summed E-state index contributed by atoms with van der Waals surface area (Å²) in [5.41, 5.74) is 1.15. The molecule has 0 bridgehead atoms. The van der Waals surface area contributed by atoms with Crippen LogP contribution in [-0.4, -0.2) is 35.3 Å². The SMILES string of the molecule is CCC(O)CNC(=O)c1ccc2c(c1)NC(=O)CS2. The molecular weight excluding hydrogens is 264 g/mol. The minimum Gasteiger partial charge on any atom is -0.391 e. The highest BCUT2D eigenvalue weighted by molar-refractivity contribution is 8.00. The fourth-order valence-corrected chi connectivity index (χ4v) is 2.47. The Morgan fingerprint density at radius 2 is 2.37 bits per heavy atom. The van der Waals surface area contributed by atoms with Crippen LogP contribution in [0.15, 0.2) is 23.1 Å². The number of hydrogen-bond acceptors (Lipinski definition) is 4. The molecule has 0 aliphatic carbocycles. The molecule has 2 rings (SSSR count). The molecule has 1 aromatic rings. The quantitative estimate of drug-likeness (QED) is 0.775. The molecule has 0 saturated heterocycles. The highest BCUT2D eigenvalue weighted by atomic mass is 32.2. The molecule has 0 saturated carbocycles. The Morgan fingerprint density at radius 1 is 1.58 bits per heavy atom. The lowest BCUT2D eigenvalue weighted by Gasteiger charge is -2.17. The molecule has 1 unspecified atom stereocenters. The predicted molar refractivity (Wildman–Crippen MR) is 74.4 cm³/mol. The summed E-state index contributed by atoms with van der Waals surface area (Å²) in [6.45, 7) is 2.08. The number of aliphatic hydroxyl groups is 1. The van der Waals surface area contributed by atoms with Crippen LogP contribution in [0.4, 0.5) is 5.69 Å². The van der Waals surface area contributed by atoms with E-state index in [0.717, 1.165) is 4.90 Å².